The number of methoxy groups -OCH3 is 1. The molecule has 3 aromatic rings. The van der Waals surface area contributed by atoms with Crippen LogP contribution in [0.15, 0.2) is 70.6 Å². The fraction of sp³-hybridized carbons (Fsp3) is 0.0526. The first-order valence-corrected chi connectivity index (χ1v) is 8.29. The van der Waals surface area contributed by atoms with Crippen LogP contribution in [0.1, 0.15) is 16.1 Å². The Bertz CT molecular complexity index is 959. The molecule has 0 fully saturated rings. The number of carbonyl (C=O) groups is 1. The molecule has 5 nitrogen and oxygen atoms in total. The normalized spacial score (nSPS) is 10.2. The van der Waals surface area contributed by atoms with Gasteiger partial charge in [0.05, 0.1) is 24.0 Å². The van der Waals surface area contributed by atoms with Crippen LogP contribution in [0.25, 0.3) is 5.69 Å². The van der Waals surface area contributed by atoms with Gasteiger partial charge in [0.1, 0.15) is 6.07 Å². The molecule has 0 spiro atoms. The minimum absolute atomic E-state index is 0.119. The third-order valence-electron chi connectivity index (χ3n) is 3.64. The van der Waals surface area contributed by atoms with Crippen molar-refractivity contribution in [1.29, 1.82) is 5.26 Å². The van der Waals surface area contributed by atoms with Crippen LogP contribution in [0.2, 0.25) is 0 Å². The van der Waals surface area contributed by atoms with Gasteiger partial charge in [-0.2, -0.15) is 5.26 Å². The summed E-state index contributed by atoms with van der Waals surface area (Å²) in [6.07, 6.45) is 1.56. The van der Waals surface area contributed by atoms with E-state index in [1.807, 2.05) is 60.7 Å². The number of nitrogens with two attached hydrogens (primary N) is 1. The van der Waals surface area contributed by atoms with E-state index >= 15 is 0 Å². The van der Waals surface area contributed by atoms with Crippen LogP contribution in [-0.2, 0) is 4.74 Å². The quantitative estimate of drug-likeness (QED) is 0.723. The zero-order valence-corrected chi connectivity index (χ0v) is 14.3. The maximum absolute atomic E-state index is 12.2. The molecule has 0 bridgehead atoms. The average Bonchev–Trinajstić information content (AvgIpc) is 2.98. The molecule has 0 aliphatic heterocycles. The lowest BCUT2D eigenvalue weighted by molar-refractivity contribution is 0.0593. The number of para-hydroxylation sites is 1. The summed E-state index contributed by atoms with van der Waals surface area (Å²) in [7, 11) is 1.29. The minimum Gasteiger partial charge on any atom is -0.464 e. The number of nitrogens with zero attached hydrogens (tertiary/aromatic N) is 2. The zero-order valence-electron chi connectivity index (χ0n) is 13.5. The monoisotopic (exact) mass is 349 g/mol. The summed E-state index contributed by atoms with van der Waals surface area (Å²) in [6.45, 7) is 0. The molecule has 0 radical (unpaired) electrons. The molecule has 6 heteroatoms. The number of nitriles is 1. The second-order valence-corrected chi connectivity index (χ2v) is 6.28. The Morgan fingerprint density at radius 1 is 1.16 bits per heavy atom. The molecule has 0 aliphatic rings. The Morgan fingerprint density at radius 2 is 1.84 bits per heavy atom. The molecule has 0 atom stereocenters. The first-order valence-electron chi connectivity index (χ1n) is 7.47. The molecule has 124 valence electrons. The molecule has 0 saturated carbocycles. The van der Waals surface area contributed by atoms with Crippen molar-refractivity contribution >= 4 is 23.4 Å². The summed E-state index contributed by atoms with van der Waals surface area (Å²) in [5.74, 6) is -0.585. The SMILES string of the molecule is COC(=O)c1c(N)c(C#N)cn1-c1ccccc1Sc1ccccc1. The molecule has 25 heavy (non-hydrogen) atoms. The molecule has 1 heterocycles. The minimum atomic E-state index is -0.585. The van der Waals surface area contributed by atoms with Crippen molar-refractivity contribution in [1.82, 2.24) is 4.57 Å². The van der Waals surface area contributed by atoms with Gasteiger partial charge in [0.2, 0.25) is 0 Å². The first kappa shape index (κ1) is 16.7. The van der Waals surface area contributed by atoms with Crippen molar-refractivity contribution in [2.75, 3.05) is 12.8 Å². The van der Waals surface area contributed by atoms with E-state index in [1.165, 1.54) is 7.11 Å². The molecule has 0 amide bonds. The average molecular weight is 349 g/mol. The Balaban J connectivity index is 2.15. The Morgan fingerprint density at radius 3 is 2.52 bits per heavy atom. The summed E-state index contributed by atoms with van der Waals surface area (Å²) in [6, 6.07) is 19.5. The van der Waals surface area contributed by atoms with Crippen molar-refractivity contribution in [2.45, 2.75) is 9.79 Å². The van der Waals surface area contributed by atoms with Crippen molar-refractivity contribution in [3.63, 3.8) is 0 Å². The lowest BCUT2D eigenvalue weighted by Gasteiger charge is -2.13. The van der Waals surface area contributed by atoms with Crippen molar-refractivity contribution < 1.29 is 9.53 Å². The maximum Gasteiger partial charge on any atom is 0.357 e. The first-order chi connectivity index (χ1) is 12.2. The van der Waals surface area contributed by atoms with E-state index in [0.29, 0.717) is 0 Å². The van der Waals surface area contributed by atoms with Gasteiger partial charge in [0, 0.05) is 16.0 Å². The fourth-order valence-electron chi connectivity index (χ4n) is 2.46. The van der Waals surface area contributed by atoms with E-state index in [-0.39, 0.29) is 16.9 Å². The third-order valence-corrected chi connectivity index (χ3v) is 4.71. The highest BCUT2D eigenvalue weighted by Crippen LogP contribution is 2.34. The van der Waals surface area contributed by atoms with Gasteiger partial charge in [-0.25, -0.2) is 4.79 Å². The van der Waals surface area contributed by atoms with Crippen LogP contribution in [0, 0.1) is 11.3 Å². The topological polar surface area (TPSA) is 81.0 Å². The molecule has 1 aromatic heterocycles. The summed E-state index contributed by atoms with van der Waals surface area (Å²) >= 11 is 1.56. The van der Waals surface area contributed by atoms with E-state index in [1.54, 1.807) is 22.5 Å². The van der Waals surface area contributed by atoms with E-state index in [4.69, 9.17) is 10.5 Å². The third kappa shape index (κ3) is 3.23. The van der Waals surface area contributed by atoms with Gasteiger partial charge in [-0.1, -0.05) is 42.1 Å². The highest BCUT2D eigenvalue weighted by molar-refractivity contribution is 7.99. The van der Waals surface area contributed by atoms with Crippen molar-refractivity contribution in [2.24, 2.45) is 0 Å². The van der Waals surface area contributed by atoms with Crippen LogP contribution in [-0.4, -0.2) is 17.6 Å². The maximum atomic E-state index is 12.2. The number of nitrogen functional groups attached to an aromatic ring is 1. The summed E-state index contributed by atoms with van der Waals surface area (Å²) < 4.78 is 6.46. The van der Waals surface area contributed by atoms with Crippen molar-refractivity contribution in [3.05, 3.63) is 72.1 Å². The van der Waals surface area contributed by atoms with Gasteiger partial charge in [-0.05, 0) is 24.3 Å². The summed E-state index contributed by atoms with van der Waals surface area (Å²) in [5.41, 5.74) is 7.24. The highest BCUT2D eigenvalue weighted by atomic mass is 32.2. The number of ether oxygens (including phenoxy) is 1. The van der Waals surface area contributed by atoms with Crippen LogP contribution in [0.4, 0.5) is 5.69 Å². The number of benzene rings is 2. The lowest BCUT2D eigenvalue weighted by Crippen LogP contribution is -2.11. The van der Waals surface area contributed by atoms with E-state index in [0.717, 1.165) is 15.5 Å². The number of rotatable bonds is 4. The second-order valence-electron chi connectivity index (χ2n) is 5.16. The van der Waals surface area contributed by atoms with Gasteiger partial charge < -0.3 is 15.0 Å². The van der Waals surface area contributed by atoms with E-state index in [9.17, 15) is 10.1 Å². The van der Waals surface area contributed by atoms with Gasteiger partial charge in [0.25, 0.3) is 0 Å². The summed E-state index contributed by atoms with van der Waals surface area (Å²) in [4.78, 5) is 14.2. The Labute approximate surface area is 149 Å². The van der Waals surface area contributed by atoms with E-state index < -0.39 is 5.97 Å². The number of carbonyl (C=O) groups excluding carboxylic acids is 1. The number of hydrogen-bond donors (Lipinski definition) is 1. The lowest BCUT2D eigenvalue weighted by atomic mass is 10.2. The number of aromatic nitrogens is 1. The van der Waals surface area contributed by atoms with Crippen molar-refractivity contribution in [3.8, 4) is 11.8 Å². The smallest absolute Gasteiger partial charge is 0.357 e. The Kier molecular flexibility index (Phi) is 4.78. The van der Waals surface area contributed by atoms with Crippen LogP contribution < -0.4 is 5.73 Å². The Hall–Kier alpha value is -3.17. The van der Waals surface area contributed by atoms with Gasteiger partial charge >= 0.3 is 5.97 Å². The molecule has 0 aliphatic carbocycles. The predicted molar refractivity (Wildman–Crippen MR) is 96.8 cm³/mol. The molecule has 2 aromatic carbocycles. The van der Waals surface area contributed by atoms with Gasteiger partial charge in [-0.3, -0.25) is 0 Å². The molecule has 0 saturated heterocycles. The highest BCUT2D eigenvalue weighted by Gasteiger charge is 2.22. The van der Waals surface area contributed by atoms with Gasteiger partial charge in [0.15, 0.2) is 5.69 Å². The van der Waals surface area contributed by atoms with Crippen LogP contribution in [0.3, 0.4) is 0 Å². The van der Waals surface area contributed by atoms with Crippen LogP contribution >= 0.6 is 11.8 Å². The standard InChI is InChI=1S/C19H15N3O2S/c1-24-19(23)18-17(21)13(11-20)12-22(18)15-9-5-6-10-16(15)25-14-7-3-2-4-8-14/h2-10,12H,21H2,1H3. The zero-order chi connectivity index (χ0) is 17.8. The number of anilines is 1. The fourth-order valence-corrected chi connectivity index (χ4v) is 3.43. The molecule has 3 rings (SSSR count). The number of esters is 1. The number of hydrogen-bond acceptors (Lipinski definition) is 5. The van der Waals surface area contributed by atoms with E-state index in [2.05, 4.69) is 0 Å². The largest absolute Gasteiger partial charge is 0.464 e. The molecular weight excluding hydrogens is 334 g/mol. The molecular formula is C19H15N3O2S. The molecule has 0 unspecified atom stereocenters. The van der Waals surface area contributed by atoms with Gasteiger partial charge in [-0.15, -0.1) is 0 Å². The molecule has 2 N–H and O–H groups in total. The van der Waals surface area contributed by atoms with Crippen LogP contribution in [0.5, 0.6) is 0 Å². The predicted octanol–water partition coefficient (Wildman–Crippen LogP) is 3.87. The summed E-state index contributed by atoms with van der Waals surface area (Å²) in [5, 5.41) is 9.26. The second kappa shape index (κ2) is 7.16.